The van der Waals surface area contributed by atoms with E-state index in [9.17, 15) is 0 Å². The molecule has 6 nitrogen and oxygen atoms in total. The topological polar surface area (TPSA) is 59.5 Å². The molecular weight excluding hydrogens is 396 g/mol. The molecule has 0 unspecified atom stereocenters. The average molecular weight is 425 g/mol. The molecule has 1 aliphatic heterocycles. The number of aryl methyl sites for hydroxylation is 1. The van der Waals surface area contributed by atoms with Crippen molar-refractivity contribution in [1.29, 1.82) is 0 Å². The Kier molecular flexibility index (Phi) is 5.95. The van der Waals surface area contributed by atoms with Gasteiger partial charge in [0.15, 0.2) is 5.82 Å². The number of thiophene rings is 1. The van der Waals surface area contributed by atoms with Crippen molar-refractivity contribution in [3.05, 3.63) is 52.2 Å². The monoisotopic (exact) mass is 424 g/mol. The minimum atomic E-state index is 0.495. The van der Waals surface area contributed by atoms with Crippen molar-refractivity contribution >= 4 is 27.4 Å². The normalized spacial score (nSPS) is 19.7. The fourth-order valence-corrected chi connectivity index (χ4v) is 5.65. The highest BCUT2D eigenvalue weighted by Gasteiger charge is 2.24. The molecule has 1 atom stereocenters. The fourth-order valence-electron chi connectivity index (χ4n) is 4.25. The molecule has 1 aromatic carbocycles. The van der Waals surface area contributed by atoms with Gasteiger partial charge in [0, 0.05) is 18.0 Å². The number of hydrogen-bond acceptors (Lipinski definition) is 7. The summed E-state index contributed by atoms with van der Waals surface area (Å²) >= 11 is 1.83. The smallest absolute Gasteiger partial charge is 0.162 e. The number of ether oxygens (including phenoxy) is 1. The molecule has 0 saturated carbocycles. The van der Waals surface area contributed by atoms with Gasteiger partial charge >= 0.3 is 0 Å². The van der Waals surface area contributed by atoms with Gasteiger partial charge in [0.2, 0.25) is 0 Å². The number of anilines is 1. The van der Waals surface area contributed by atoms with Crippen molar-refractivity contribution in [2.45, 2.75) is 39.3 Å². The van der Waals surface area contributed by atoms with Crippen LogP contribution in [-0.4, -0.2) is 41.2 Å². The summed E-state index contributed by atoms with van der Waals surface area (Å²) in [7, 11) is 0. The lowest BCUT2D eigenvalue weighted by atomic mass is 9.89. The first-order valence-electron chi connectivity index (χ1n) is 10.8. The summed E-state index contributed by atoms with van der Waals surface area (Å²) in [5, 5.41) is 1.15. The second-order valence-corrected chi connectivity index (χ2v) is 9.37. The molecule has 1 saturated heterocycles. The van der Waals surface area contributed by atoms with E-state index < -0.39 is 0 Å². The summed E-state index contributed by atoms with van der Waals surface area (Å²) in [4.78, 5) is 20.6. The summed E-state index contributed by atoms with van der Waals surface area (Å²) in [6, 6.07) is 10.2. The van der Waals surface area contributed by atoms with Crippen LogP contribution in [0.25, 0.3) is 10.2 Å². The molecular formula is C23H28N4O2S. The Bertz CT molecular complexity index is 1000. The minimum Gasteiger partial charge on any atom is -0.379 e. The molecule has 1 aliphatic carbocycles. The molecule has 0 amide bonds. The van der Waals surface area contributed by atoms with Crippen molar-refractivity contribution in [1.82, 2.24) is 14.9 Å². The van der Waals surface area contributed by atoms with Gasteiger partial charge in [0.1, 0.15) is 10.7 Å². The zero-order chi connectivity index (χ0) is 20.3. The van der Waals surface area contributed by atoms with Gasteiger partial charge in [-0.15, -0.1) is 11.3 Å². The molecule has 0 bridgehead atoms. The van der Waals surface area contributed by atoms with Crippen LogP contribution in [0.4, 0.5) is 5.82 Å². The lowest BCUT2D eigenvalue weighted by Gasteiger charge is -2.25. The van der Waals surface area contributed by atoms with Crippen LogP contribution in [-0.2, 0) is 35.6 Å². The summed E-state index contributed by atoms with van der Waals surface area (Å²) in [6.45, 7) is 6.98. The van der Waals surface area contributed by atoms with Gasteiger partial charge in [0.25, 0.3) is 0 Å². The maximum absolute atomic E-state index is 5.87. The van der Waals surface area contributed by atoms with E-state index in [2.05, 4.69) is 29.4 Å². The fraction of sp³-hybridized carbons (Fsp3) is 0.478. The van der Waals surface area contributed by atoms with Crippen LogP contribution < -0.4 is 5.48 Å². The van der Waals surface area contributed by atoms with Crippen LogP contribution >= 0.6 is 11.3 Å². The second-order valence-electron chi connectivity index (χ2n) is 8.29. The van der Waals surface area contributed by atoms with Crippen LogP contribution in [0.15, 0.2) is 30.3 Å². The SMILES string of the molecule is C[C@H]1CCc2c(sc3nc(CN4CCOCC4)nc(NOCc4ccccc4)c23)C1. The quantitative estimate of drug-likeness (QED) is 0.599. The van der Waals surface area contributed by atoms with Gasteiger partial charge in [-0.1, -0.05) is 37.3 Å². The molecule has 2 aromatic heterocycles. The number of fused-ring (bicyclic) bond motifs is 3. The maximum Gasteiger partial charge on any atom is 0.162 e. The minimum absolute atomic E-state index is 0.495. The van der Waals surface area contributed by atoms with Crippen molar-refractivity contribution in [3.8, 4) is 0 Å². The van der Waals surface area contributed by atoms with E-state index in [4.69, 9.17) is 19.5 Å². The summed E-state index contributed by atoms with van der Waals surface area (Å²) in [5.41, 5.74) is 5.72. The maximum atomic E-state index is 5.87. The molecule has 7 heteroatoms. The Labute approximate surface area is 181 Å². The molecule has 0 radical (unpaired) electrons. The van der Waals surface area contributed by atoms with Crippen LogP contribution in [0, 0.1) is 5.92 Å². The molecule has 1 fully saturated rings. The largest absolute Gasteiger partial charge is 0.379 e. The number of rotatable bonds is 6. The Morgan fingerprint density at radius 1 is 1.20 bits per heavy atom. The number of nitrogens with one attached hydrogen (secondary N) is 1. The highest BCUT2D eigenvalue weighted by Crippen LogP contribution is 2.40. The van der Waals surface area contributed by atoms with Gasteiger partial charge in [-0.05, 0) is 36.3 Å². The molecule has 0 spiro atoms. The third-order valence-electron chi connectivity index (χ3n) is 5.92. The molecule has 30 heavy (non-hydrogen) atoms. The molecule has 158 valence electrons. The highest BCUT2D eigenvalue weighted by molar-refractivity contribution is 7.19. The van der Waals surface area contributed by atoms with Crippen molar-refractivity contribution in [3.63, 3.8) is 0 Å². The van der Waals surface area contributed by atoms with Gasteiger partial charge in [-0.2, -0.15) is 0 Å². The second kappa shape index (κ2) is 8.98. The highest BCUT2D eigenvalue weighted by atomic mass is 32.1. The lowest BCUT2D eigenvalue weighted by Crippen LogP contribution is -2.36. The molecule has 1 N–H and O–H groups in total. The lowest BCUT2D eigenvalue weighted by molar-refractivity contribution is 0.0331. The number of nitrogens with zero attached hydrogens (tertiary/aromatic N) is 3. The Morgan fingerprint density at radius 3 is 2.87 bits per heavy atom. The van der Waals surface area contributed by atoms with Crippen LogP contribution in [0.5, 0.6) is 0 Å². The molecule has 2 aliphatic rings. The first-order chi connectivity index (χ1) is 14.8. The van der Waals surface area contributed by atoms with Crippen molar-refractivity contribution in [2.24, 2.45) is 5.92 Å². The number of hydrogen-bond donors (Lipinski definition) is 1. The van der Waals surface area contributed by atoms with Gasteiger partial charge < -0.3 is 4.74 Å². The molecule has 5 rings (SSSR count). The zero-order valence-electron chi connectivity index (χ0n) is 17.4. The van der Waals surface area contributed by atoms with Gasteiger partial charge in [0.05, 0.1) is 31.8 Å². The Morgan fingerprint density at radius 2 is 2.03 bits per heavy atom. The predicted molar refractivity (Wildman–Crippen MR) is 120 cm³/mol. The summed E-state index contributed by atoms with van der Waals surface area (Å²) in [5.74, 6) is 2.39. The number of morpholine rings is 1. The van der Waals surface area contributed by atoms with E-state index in [0.29, 0.717) is 6.61 Å². The first-order valence-corrected chi connectivity index (χ1v) is 11.6. The Hall–Kier alpha value is -2.06. The standard InChI is InChI=1S/C23H28N4O2S/c1-16-7-8-18-19(13-16)30-23-21(18)22(26-29-15-17-5-3-2-4-6-17)24-20(25-23)14-27-9-11-28-12-10-27/h2-6,16H,7-15H2,1H3,(H,24,25,26)/t16-/m0/s1. The van der Waals surface area contributed by atoms with E-state index >= 15 is 0 Å². The van der Waals surface area contributed by atoms with Crippen LogP contribution in [0.3, 0.4) is 0 Å². The average Bonchev–Trinajstić information content (AvgIpc) is 3.12. The van der Waals surface area contributed by atoms with Gasteiger partial charge in [-0.25, -0.2) is 15.4 Å². The number of aromatic nitrogens is 2. The van der Waals surface area contributed by atoms with E-state index in [1.54, 1.807) is 0 Å². The zero-order valence-corrected chi connectivity index (χ0v) is 18.2. The van der Waals surface area contributed by atoms with Crippen molar-refractivity contribution in [2.75, 3.05) is 31.8 Å². The van der Waals surface area contributed by atoms with E-state index in [0.717, 1.165) is 79.0 Å². The number of benzene rings is 1. The van der Waals surface area contributed by atoms with E-state index in [1.807, 2.05) is 29.5 Å². The van der Waals surface area contributed by atoms with Crippen molar-refractivity contribution < 1.29 is 9.57 Å². The third-order valence-corrected chi connectivity index (χ3v) is 7.07. The van der Waals surface area contributed by atoms with Gasteiger partial charge in [-0.3, -0.25) is 9.74 Å². The first kappa shape index (κ1) is 19.9. The van der Waals surface area contributed by atoms with E-state index in [1.165, 1.54) is 16.9 Å². The molecule has 3 aromatic rings. The van der Waals surface area contributed by atoms with E-state index in [-0.39, 0.29) is 0 Å². The van der Waals surface area contributed by atoms with Crippen LogP contribution in [0.1, 0.15) is 35.2 Å². The summed E-state index contributed by atoms with van der Waals surface area (Å²) < 4.78 is 5.48. The molecule has 3 heterocycles. The summed E-state index contributed by atoms with van der Waals surface area (Å²) in [6.07, 6.45) is 3.45. The third kappa shape index (κ3) is 4.34. The van der Waals surface area contributed by atoms with Crippen LogP contribution in [0.2, 0.25) is 0 Å². The Balaban J connectivity index is 1.43. The predicted octanol–water partition coefficient (Wildman–Crippen LogP) is 4.19.